The van der Waals surface area contributed by atoms with Crippen molar-refractivity contribution in [1.82, 2.24) is 0 Å². The molecular formula is C36H26LiNOP2. The van der Waals surface area contributed by atoms with Gasteiger partial charge in [0.25, 0.3) is 0 Å². The minimum absolute atomic E-state index is 0. The van der Waals surface area contributed by atoms with Crippen molar-refractivity contribution in [3.8, 4) is 11.5 Å². The summed E-state index contributed by atoms with van der Waals surface area (Å²) in [5.41, 5.74) is 1.76. The van der Waals surface area contributed by atoms with Crippen LogP contribution in [0.3, 0.4) is 0 Å². The van der Waals surface area contributed by atoms with E-state index in [1.54, 1.807) is 0 Å². The number of hydrogen-bond acceptors (Lipinski definition) is 1. The summed E-state index contributed by atoms with van der Waals surface area (Å²) in [4.78, 5) is 0. The largest absolute Gasteiger partial charge is 1.00 e. The third-order valence-electron chi connectivity index (χ3n) is 6.93. The summed E-state index contributed by atoms with van der Waals surface area (Å²) in [7, 11) is -1.68. The molecule has 0 aromatic heterocycles. The zero-order chi connectivity index (χ0) is 26.7. The van der Waals surface area contributed by atoms with Crippen LogP contribution in [0.2, 0.25) is 0 Å². The molecule has 0 amide bonds. The third-order valence-corrected chi connectivity index (χ3v) is 11.9. The molecule has 5 heteroatoms. The third kappa shape index (κ3) is 5.50. The smallest absolute Gasteiger partial charge is 0.652 e. The van der Waals surface area contributed by atoms with Crippen molar-refractivity contribution in [2.24, 2.45) is 0 Å². The molecule has 0 atom stereocenters. The number of rotatable bonds is 6. The molecule has 1 aliphatic rings. The fourth-order valence-corrected chi connectivity index (χ4v) is 9.94. The van der Waals surface area contributed by atoms with Crippen LogP contribution in [-0.4, -0.2) is 0 Å². The van der Waals surface area contributed by atoms with E-state index in [1.807, 2.05) is 0 Å². The molecule has 192 valence electrons. The first-order valence-corrected chi connectivity index (χ1v) is 16.0. The number of para-hydroxylation sites is 2. The predicted octanol–water partition coefficient (Wildman–Crippen LogP) is 4.65. The van der Waals surface area contributed by atoms with Gasteiger partial charge in [0.15, 0.2) is 0 Å². The Hall–Kier alpha value is -3.62. The van der Waals surface area contributed by atoms with Gasteiger partial charge >= 0.3 is 18.9 Å². The maximum atomic E-state index is 7.03. The monoisotopic (exact) mass is 557 g/mol. The molecule has 6 aromatic carbocycles. The Labute approximate surface area is 256 Å². The van der Waals surface area contributed by atoms with Crippen LogP contribution >= 0.6 is 15.8 Å². The van der Waals surface area contributed by atoms with Crippen LogP contribution < -0.4 is 55.4 Å². The Morgan fingerprint density at radius 2 is 0.683 bits per heavy atom. The van der Waals surface area contributed by atoms with Crippen LogP contribution in [-0.2, 0) is 0 Å². The summed E-state index contributed by atoms with van der Waals surface area (Å²) < 4.78 is 7.03. The molecule has 0 spiro atoms. The zero-order valence-corrected chi connectivity index (χ0v) is 24.5. The maximum Gasteiger partial charge on any atom is 1.00 e. The first-order valence-electron chi connectivity index (χ1n) is 13.3. The molecule has 0 N–H and O–H groups in total. The molecule has 0 saturated heterocycles. The molecule has 0 aliphatic carbocycles. The van der Waals surface area contributed by atoms with E-state index in [-0.39, 0.29) is 18.9 Å². The van der Waals surface area contributed by atoms with Gasteiger partial charge in [0.1, 0.15) is 11.5 Å². The Kier molecular flexibility index (Phi) is 8.39. The molecule has 0 saturated carbocycles. The number of hydrogen-bond donors (Lipinski definition) is 0. The van der Waals surface area contributed by atoms with Gasteiger partial charge in [-0.05, 0) is 37.1 Å². The second kappa shape index (κ2) is 12.5. The first-order chi connectivity index (χ1) is 19.9. The van der Waals surface area contributed by atoms with E-state index >= 15 is 0 Å². The summed E-state index contributed by atoms with van der Waals surface area (Å²) in [6.45, 7) is 0. The van der Waals surface area contributed by atoms with Gasteiger partial charge in [-0.2, -0.15) is 0 Å². The molecule has 6 aromatic rings. The average molecular weight is 557 g/mol. The van der Waals surface area contributed by atoms with Crippen LogP contribution in [0.15, 0.2) is 158 Å². The SMILES string of the molecule is [Li+].c1ccc(P(c2ccccc2)c2cccc3c2Oc2c(cccc2P(c2ccccc2)c2ccccc2)[N-]3)cc1. The first kappa shape index (κ1) is 27.5. The Bertz CT molecular complexity index is 1540. The van der Waals surface area contributed by atoms with Gasteiger partial charge in [-0.1, -0.05) is 169 Å². The maximum absolute atomic E-state index is 7.03. The molecule has 7 rings (SSSR count). The summed E-state index contributed by atoms with van der Waals surface area (Å²) in [5.74, 6) is 1.72. The van der Waals surface area contributed by atoms with E-state index in [4.69, 9.17) is 10.1 Å². The van der Waals surface area contributed by atoms with Crippen LogP contribution in [0.4, 0.5) is 11.4 Å². The summed E-state index contributed by atoms with van der Waals surface area (Å²) in [6, 6.07) is 55.8. The number of nitrogens with zero attached hydrogens (tertiary/aromatic N) is 1. The Morgan fingerprint density at radius 3 is 1.00 bits per heavy atom. The molecule has 0 fully saturated rings. The number of fused-ring (bicyclic) bond motifs is 2. The van der Waals surface area contributed by atoms with Crippen molar-refractivity contribution in [2.75, 3.05) is 0 Å². The van der Waals surface area contributed by atoms with E-state index in [0.29, 0.717) is 0 Å². The molecule has 0 bridgehead atoms. The van der Waals surface area contributed by atoms with Crippen molar-refractivity contribution >= 4 is 59.0 Å². The number of benzene rings is 6. The van der Waals surface area contributed by atoms with Crippen molar-refractivity contribution in [2.45, 2.75) is 0 Å². The zero-order valence-electron chi connectivity index (χ0n) is 22.8. The van der Waals surface area contributed by atoms with Crippen molar-refractivity contribution in [3.05, 3.63) is 163 Å². The Balaban J connectivity index is 0.00000302. The van der Waals surface area contributed by atoms with Gasteiger partial charge in [0.05, 0.1) is 0 Å². The molecule has 41 heavy (non-hydrogen) atoms. The van der Waals surface area contributed by atoms with Crippen LogP contribution in [0.25, 0.3) is 5.32 Å². The van der Waals surface area contributed by atoms with E-state index in [9.17, 15) is 0 Å². The van der Waals surface area contributed by atoms with Crippen LogP contribution in [0.5, 0.6) is 11.5 Å². The van der Waals surface area contributed by atoms with Gasteiger partial charge in [-0.15, -0.1) is 0 Å². The average Bonchev–Trinajstić information content (AvgIpc) is 3.03. The molecule has 0 unspecified atom stereocenters. The van der Waals surface area contributed by atoms with Crippen LogP contribution in [0, 0.1) is 0 Å². The van der Waals surface area contributed by atoms with E-state index in [1.165, 1.54) is 31.8 Å². The second-order valence-electron chi connectivity index (χ2n) is 9.48. The topological polar surface area (TPSA) is 23.3 Å². The fraction of sp³-hybridized carbons (Fsp3) is 0. The fourth-order valence-electron chi connectivity index (χ4n) is 5.16. The van der Waals surface area contributed by atoms with Gasteiger partial charge in [0, 0.05) is 10.6 Å². The van der Waals surface area contributed by atoms with Crippen molar-refractivity contribution in [3.63, 3.8) is 0 Å². The molecule has 2 nitrogen and oxygen atoms in total. The number of ether oxygens (including phenoxy) is 1. The quantitative estimate of drug-likeness (QED) is 0.216. The standard InChI is InChI=1S/C36H26NOP2.Li/c1-5-15-27(16-6-1)39(28-17-7-2-8-18-28)33-25-13-23-31-35(33)38-36-32(37-31)24-14-26-34(36)40(29-19-9-3-10-20-29)30-21-11-4-12-22-30;/h1-26H;/q-1;+1. The summed E-state index contributed by atoms with van der Waals surface area (Å²) in [6.07, 6.45) is 0. The van der Waals surface area contributed by atoms with Gasteiger partial charge in [-0.3, -0.25) is 0 Å². The second-order valence-corrected chi connectivity index (χ2v) is 13.8. The van der Waals surface area contributed by atoms with E-state index in [2.05, 4.69) is 158 Å². The predicted molar refractivity (Wildman–Crippen MR) is 173 cm³/mol. The molecule has 0 radical (unpaired) electrons. The van der Waals surface area contributed by atoms with Crippen molar-refractivity contribution in [1.29, 1.82) is 0 Å². The molecular weight excluding hydrogens is 531 g/mol. The molecule has 1 heterocycles. The van der Waals surface area contributed by atoms with Gasteiger partial charge in [-0.25, -0.2) is 0 Å². The van der Waals surface area contributed by atoms with Crippen LogP contribution in [0.1, 0.15) is 0 Å². The van der Waals surface area contributed by atoms with E-state index < -0.39 is 15.8 Å². The summed E-state index contributed by atoms with van der Waals surface area (Å²) in [5, 5.41) is 12.7. The molecule has 1 aliphatic heterocycles. The van der Waals surface area contributed by atoms with E-state index in [0.717, 1.165) is 22.9 Å². The van der Waals surface area contributed by atoms with Crippen molar-refractivity contribution < 1.29 is 23.6 Å². The summed E-state index contributed by atoms with van der Waals surface area (Å²) >= 11 is 0. The van der Waals surface area contributed by atoms with Gasteiger partial charge in [0.2, 0.25) is 0 Å². The Morgan fingerprint density at radius 1 is 0.366 bits per heavy atom. The van der Waals surface area contributed by atoms with Gasteiger partial charge < -0.3 is 10.1 Å². The normalized spacial score (nSPS) is 11.6. The minimum Gasteiger partial charge on any atom is -0.652 e. The minimum atomic E-state index is -0.842.